The maximum Gasteiger partial charge on any atom is 0.124 e. The predicted molar refractivity (Wildman–Crippen MR) is 39.7 cm³/mol. The molecule has 2 atom stereocenters. The maximum atomic E-state index is 12.3. The molecular weight excluding hydrogens is 155 g/mol. The molecule has 0 aliphatic carbocycles. The summed E-state index contributed by atoms with van der Waals surface area (Å²) >= 11 is 5.16. The van der Waals surface area contributed by atoms with Crippen LogP contribution in [0.1, 0.15) is 13.3 Å². The number of rotatable bonds is 2. The molecule has 0 saturated carbocycles. The Kier molecular flexibility index (Phi) is 5.38. The average Bonchev–Trinajstić information content (AvgIpc) is 1.87. The van der Waals surface area contributed by atoms with Gasteiger partial charge in [0.15, 0.2) is 0 Å². The van der Waals surface area contributed by atoms with Crippen LogP contribution < -0.4 is 0 Å². The van der Waals surface area contributed by atoms with Crippen LogP contribution >= 0.6 is 11.6 Å². The molecule has 0 bridgehead atoms. The van der Waals surface area contributed by atoms with Crippen LogP contribution in [-0.2, 0) is 0 Å². The fourth-order valence-electron chi connectivity index (χ4n) is 0.372. The highest BCUT2D eigenvalue weighted by Gasteiger charge is 1.99. The third-order valence-corrected chi connectivity index (χ3v) is 1.14. The largest absolute Gasteiger partial charge is 0.381 e. The fraction of sp³-hybridized carbons (Fsp3) is 0.714. The quantitative estimate of drug-likeness (QED) is 0.483. The molecule has 58 valence electrons. The zero-order valence-electron chi connectivity index (χ0n) is 5.77. The summed E-state index contributed by atoms with van der Waals surface area (Å²) in [5.41, 5.74) is 0. The van der Waals surface area contributed by atoms with Crippen molar-refractivity contribution in [3.63, 3.8) is 0 Å². The van der Waals surface area contributed by atoms with Crippen LogP contribution in [0.2, 0.25) is 0 Å². The number of alkyl halides is 2. The molecule has 0 fully saturated rings. The first-order valence-electron chi connectivity index (χ1n) is 3.03. The Balaban J connectivity index is 3.45. The molecule has 3 heteroatoms. The molecule has 1 N–H and O–H groups in total. The van der Waals surface area contributed by atoms with Crippen LogP contribution in [0.5, 0.6) is 0 Å². The van der Waals surface area contributed by atoms with E-state index in [0.29, 0.717) is 0 Å². The van der Waals surface area contributed by atoms with E-state index in [-0.39, 0.29) is 12.3 Å². The van der Waals surface area contributed by atoms with E-state index in [2.05, 4.69) is 11.8 Å². The van der Waals surface area contributed by atoms with Crippen molar-refractivity contribution in [1.29, 1.82) is 0 Å². The first-order valence-corrected chi connectivity index (χ1v) is 3.56. The number of aliphatic hydroxyl groups is 1. The normalized spacial score (nSPS) is 15.2. The first-order chi connectivity index (χ1) is 4.66. The lowest BCUT2D eigenvalue weighted by Crippen LogP contribution is -2.00. The van der Waals surface area contributed by atoms with Crippen molar-refractivity contribution in [1.82, 2.24) is 0 Å². The maximum absolute atomic E-state index is 12.3. The summed E-state index contributed by atoms with van der Waals surface area (Å²) in [6.45, 7) is 1.53. The molecular formula is C7H10ClFO. The van der Waals surface area contributed by atoms with Gasteiger partial charge in [0.1, 0.15) is 12.3 Å². The zero-order chi connectivity index (χ0) is 7.98. The summed E-state index contributed by atoms with van der Waals surface area (Å²) < 4.78 is 12.3. The van der Waals surface area contributed by atoms with Crippen molar-refractivity contribution in [3.8, 4) is 11.8 Å². The second-order valence-corrected chi connectivity index (χ2v) is 2.26. The molecule has 1 nitrogen and oxygen atoms in total. The Hall–Kier alpha value is -0.260. The molecule has 0 rings (SSSR count). The van der Waals surface area contributed by atoms with E-state index in [1.807, 2.05) is 0 Å². The lowest BCUT2D eigenvalue weighted by molar-refractivity contribution is 0.253. The smallest absolute Gasteiger partial charge is 0.124 e. The Bertz CT molecular complexity index is 136. The van der Waals surface area contributed by atoms with Gasteiger partial charge < -0.3 is 5.11 Å². The highest BCUT2D eigenvalue weighted by molar-refractivity contribution is 6.18. The van der Waals surface area contributed by atoms with Crippen molar-refractivity contribution >= 4 is 11.6 Å². The van der Waals surface area contributed by atoms with Crippen LogP contribution in [0, 0.1) is 11.8 Å². The van der Waals surface area contributed by atoms with E-state index in [9.17, 15) is 4.39 Å². The van der Waals surface area contributed by atoms with Crippen LogP contribution in [0.15, 0.2) is 0 Å². The van der Waals surface area contributed by atoms with Crippen molar-refractivity contribution < 1.29 is 9.50 Å². The molecule has 0 saturated heterocycles. The van der Waals surface area contributed by atoms with Crippen LogP contribution in [0.3, 0.4) is 0 Å². The minimum atomic E-state index is -1.08. The summed E-state index contributed by atoms with van der Waals surface area (Å²) in [7, 11) is 0. The number of halogens is 2. The summed E-state index contributed by atoms with van der Waals surface area (Å²) in [5, 5.41) is 8.61. The summed E-state index contributed by atoms with van der Waals surface area (Å²) in [5.74, 6) is 4.86. The minimum absolute atomic E-state index is 0.0332. The Morgan fingerprint density at radius 3 is 2.70 bits per heavy atom. The molecule has 0 radical (unpaired) electrons. The van der Waals surface area contributed by atoms with Gasteiger partial charge in [-0.1, -0.05) is 11.8 Å². The lowest BCUT2D eigenvalue weighted by atomic mass is 10.3. The van der Waals surface area contributed by atoms with Crippen LogP contribution in [-0.4, -0.2) is 23.3 Å². The zero-order valence-corrected chi connectivity index (χ0v) is 6.53. The van der Waals surface area contributed by atoms with Gasteiger partial charge in [0.2, 0.25) is 0 Å². The van der Waals surface area contributed by atoms with Gasteiger partial charge in [-0.15, -0.1) is 11.6 Å². The number of aliphatic hydroxyl groups excluding tert-OH is 1. The van der Waals surface area contributed by atoms with Gasteiger partial charge in [-0.3, -0.25) is 0 Å². The molecule has 1 unspecified atom stereocenters. The van der Waals surface area contributed by atoms with Gasteiger partial charge >= 0.3 is 0 Å². The minimum Gasteiger partial charge on any atom is -0.381 e. The summed E-state index contributed by atoms with van der Waals surface area (Å²) in [4.78, 5) is 0. The van der Waals surface area contributed by atoms with E-state index < -0.39 is 12.3 Å². The predicted octanol–water partition coefficient (Wildman–Crippen LogP) is 1.34. The van der Waals surface area contributed by atoms with Gasteiger partial charge in [-0.2, -0.15) is 0 Å². The molecule has 0 aliphatic rings. The molecule has 0 heterocycles. The Morgan fingerprint density at radius 2 is 2.30 bits per heavy atom. The molecule has 0 aromatic heterocycles. The van der Waals surface area contributed by atoms with E-state index >= 15 is 0 Å². The molecule has 0 spiro atoms. The molecule has 0 aliphatic heterocycles. The van der Waals surface area contributed by atoms with Gasteiger partial charge in [0.25, 0.3) is 0 Å². The SMILES string of the molecule is CC(O)C#CC[C@@H](F)CCl. The van der Waals surface area contributed by atoms with E-state index in [1.54, 1.807) is 0 Å². The van der Waals surface area contributed by atoms with Gasteiger partial charge in [-0.05, 0) is 6.92 Å². The third-order valence-electron chi connectivity index (χ3n) is 0.802. The number of hydrogen-bond donors (Lipinski definition) is 1. The summed E-state index contributed by atoms with van der Waals surface area (Å²) in [6.07, 6.45) is -1.65. The second kappa shape index (κ2) is 5.52. The second-order valence-electron chi connectivity index (χ2n) is 1.95. The lowest BCUT2D eigenvalue weighted by Gasteiger charge is -1.94. The highest BCUT2D eigenvalue weighted by atomic mass is 35.5. The van der Waals surface area contributed by atoms with Crippen molar-refractivity contribution in [2.45, 2.75) is 25.6 Å². The average molecular weight is 165 g/mol. The van der Waals surface area contributed by atoms with E-state index in [4.69, 9.17) is 16.7 Å². The van der Waals surface area contributed by atoms with Crippen LogP contribution in [0.25, 0.3) is 0 Å². The third kappa shape index (κ3) is 5.87. The van der Waals surface area contributed by atoms with E-state index in [1.165, 1.54) is 6.92 Å². The van der Waals surface area contributed by atoms with Gasteiger partial charge in [0.05, 0.1) is 5.88 Å². The first kappa shape index (κ1) is 9.74. The molecule has 10 heavy (non-hydrogen) atoms. The van der Waals surface area contributed by atoms with Gasteiger partial charge in [0, 0.05) is 6.42 Å². The Morgan fingerprint density at radius 1 is 1.70 bits per heavy atom. The molecule has 0 aromatic carbocycles. The van der Waals surface area contributed by atoms with Crippen molar-refractivity contribution in [2.24, 2.45) is 0 Å². The summed E-state index contributed by atoms with van der Waals surface area (Å²) in [6, 6.07) is 0. The standard InChI is InChI=1S/C7H10ClFO/c1-6(10)3-2-4-7(9)5-8/h6-7,10H,4-5H2,1H3/t6?,7-/m1/s1. The van der Waals surface area contributed by atoms with Gasteiger partial charge in [-0.25, -0.2) is 4.39 Å². The number of hydrogen-bond acceptors (Lipinski definition) is 1. The Labute approximate surface area is 65.2 Å². The molecule has 0 aromatic rings. The van der Waals surface area contributed by atoms with Crippen LogP contribution in [0.4, 0.5) is 4.39 Å². The topological polar surface area (TPSA) is 20.2 Å². The van der Waals surface area contributed by atoms with Crippen molar-refractivity contribution in [3.05, 3.63) is 0 Å². The molecule has 0 amide bonds. The fourth-order valence-corrected chi connectivity index (χ4v) is 0.481. The monoisotopic (exact) mass is 164 g/mol. The highest BCUT2D eigenvalue weighted by Crippen LogP contribution is 1.98. The van der Waals surface area contributed by atoms with Crippen molar-refractivity contribution in [2.75, 3.05) is 5.88 Å². The van der Waals surface area contributed by atoms with E-state index in [0.717, 1.165) is 0 Å².